The zero-order chi connectivity index (χ0) is 22.1. The number of likely N-dealkylation sites (N-methyl/N-ethyl adjacent to an activating group) is 1. The van der Waals surface area contributed by atoms with Crippen LogP contribution in [0, 0.1) is 0 Å². The highest BCUT2D eigenvalue weighted by molar-refractivity contribution is 5.97. The van der Waals surface area contributed by atoms with Gasteiger partial charge >= 0.3 is 0 Å². The van der Waals surface area contributed by atoms with Gasteiger partial charge in [0.2, 0.25) is 5.91 Å². The minimum Gasteiger partial charge on any atom is -0.395 e. The number of amides is 1. The summed E-state index contributed by atoms with van der Waals surface area (Å²) in [7, 11) is 1.86. The van der Waals surface area contributed by atoms with Crippen molar-refractivity contribution >= 4 is 22.6 Å². The summed E-state index contributed by atoms with van der Waals surface area (Å²) in [4.78, 5) is 18.8. The topological polar surface area (TPSA) is 65.5 Å². The largest absolute Gasteiger partial charge is 0.395 e. The molecule has 2 aromatic carbocycles. The Morgan fingerprint density at radius 1 is 1.06 bits per heavy atom. The molecule has 0 bridgehead atoms. The second-order valence-electron chi connectivity index (χ2n) is 7.99. The van der Waals surface area contributed by atoms with E-state index >= 15 is 0 Å². The number of anilines is 1. The van der Waals surface area contributed by atoms with Gasteiger partial charge in [0.1, 0.15) is 5.82 Å². The molecule has 31 heavy (non-hydrogen) atoms. The molecule has 3 rings (SSSR count). The van der Waals surface area contributed by atoms with Crippen molar-refractivity contribution in [3.63, 3.8) is 0 Å². The fraction of sp³-hybridized carbons (Fsp3) is 0.385. The number of carbonyl (C=O) groups excluding carboxylic acids is 1. The van der Waals surface area contributed by atoms with Crippen LogP contribution in [0.3, 0.4) is 0 Å². The van der Waals surface area contributed by atoms with Gasteiger partial charge in [0, 0.05) is 19.0 Å². The quantitative estimate of drug-likeness (QED) is 0.447. The van der Waals surface area contributed by atoms with Gasteiger partial charge in [0.05, 0.1) is 18.7 Å². The van der Waals surface area contributed by atoms with Gasteiger partial charge in [0.15, 0.2) is 0 Å². The number of aliphatic hydroxyl groups is 1. The number of aliphatic hydroxyl groups excluding tert-OH is 1. The molecule has 2 N–H and O–H groups in total. The lowest BCUT2D eigenvalue weighted by atomic mass is 9.97. The third-order valence-electron chi connectivity index (χ3n) is 5.47. The first-order valence-corrected chi connectivity index (χ1v) is 11.2. The van der Waals surface area contributed by atoms with Crippen molar-refractivity contribution in [2.75, 3.05) is 31.6 Å². The molecule has 0 radical (unpaired) electrons. The van der Waals surface area contributed by atoms with Crippen LogP contribution < -0.4 is 10.2 Å². The van der Waals surface area contributed by atoms with Gasteiger partial charge in [-0.15, -0.1) is 0 Å². The number of fused-ring (bicyclic) bond motifs is 1. The van der Waals surface area contributed by atoms with E-state index < -0.39 is 0 Å². The van der Waals surface area contributed by atoms with E-state index in [0.29, 0.717) is 0 Å². The number of rotatable bonds is 11. The van der Waals surface area contributed by atoms with Gasteiger partial charge in [0.25, 0.3) is 0 Å². The van der Waals surface area contributed by atoms with Crippen molar-refractivity contribution in [2.45, 2.75) is 39.0 Å². The predicted molar refractivity (Wildman–Crippen MR) is 128 cm³/mol. The first-order valence-electron chi connectivity index (χ1n) is 11.2. The van der Waals surface area contributed by atoms with E-state index in [1.54, 1.807) is 0 Å². The van der Waals surface area contributed by atoms with E-state index in [0.717, 1.165) is 34.3 Å². The van der Waals surface area contributed by atoms with Crippen LogP contribution in [0.15, 0.2) is 54.6 Å². The van der Waals surface area contributed by atoms with Gasteiger partial charge < -0.3 is 15.3 Å². The number of benzene rings is 2. The maximum atomic E-state index is 12.1. The van der Waals surface area contributed by atoms with E-state index in [9.17, 15) is 4.79 Å². The molecule has 0 aliphatic rings. The molecule has 1 heterocycles. The van der Waals surface area contributed by atoms with E-state index in [1.165, 1.54) is 31.2 Å². The van der Waals surface area contributed by atoms with Crippen LogP contribution >= 0.6 is 0 Å². The smallest absolute Gasteiger partial charge is 0.239 e. The number of aromatic nitrogens is 1. The predicted octanol–water partition coefficient (Wildman–Crippen LogP) is 4.57. The van der Waals surface area contributed by atoms with Crippen LogP contribution in [0.5, 0.6) is 0 Å². The highest BCUT2D eigenvalue weighted by Gasteiger charge is 2.13. The lowest BCUT2D eigenvalue weighted by molar-refractivity contribution is -0.119. The molecule has 0 saturated heterocycles. The van der Waals surface area contributed by atoms with E-state index in [4.69, 9.17) is 10.1 Å². The molecular weight excluding hydrogens is 386 g/mol. The standard InChI is InChI=1S/C26H33N3O2/c1-3-4-5-7-10-20-13-14-24-23(17-20)22(21-11-8-6-9-12-21)18-25(28-24)29(2)19-26(31)27-15-16-30/h6,8-9,11-14,17-18,30H,3-5,7,10,15-16,19H2,1-2H3,(H,27,31). The van der Waals surface area contributed by atoms with E-state index in [1.807, 2.05) is 30.1 Å². The van der Waals surface area contributed by atoms with Crippen molar-refractivity contribution < 1.29 is 9.90 Å². The Hall–Kier alpha value is -2.92. The molecule has 0 atom stereocenters. The summed E-state index contributed by atoms with van der Waals surface area (Å²) in [6, 6.07) is 18.9. The molecule has 164 valence electrons. The number of aryl methyl sites for hydroxylation is 1. The van der Waals surface area contributed by atoms with E-state index in [2.05, 4.69) is 48.6 Å². The van der Waals surface area contributed by atoms with Crippen molar-refractivity contribution in [2.24, 2.45) is 0 Å². The molecule has 1 aromatic heterocycles. The summed E-state index contributed by atoms with van der Waals surface area (Å²) in [5.41, 5.74) is 4.53. The van der Waals surface area contributed by atoms with Crippen molar-refractivity contribution in [1.82, 2.24) is 10.3 Å². The van der Waals surface area contributed by atoms with Crippen LogP contribution in [0.4, 0.5) is 5.82 Å². The Morgan fingerprint density at radius 2 is 1.87 bits per heavy atom. The molecule has 3 aromatic rings. The SMILES string of the molecule is CCCCCCc1ccc2nc(N(C)CC(=O)NCCO)cc(-c3ccccc3)c2c1. The van der Waals surface area contributed by atoms with Crippen LogP contribution in [0.25, 0.3) is 22.0 Å². The Balaban J connectivity index is 1.94. The summed E-state index contributed by atoms with van der Waals surface area (Å²) in [6.45, 7) is 2.61. The van der Waals surface area contributed by atoms with Gasteiger partial charge in [-0.3, -0.25) is 4.79 Å². The molecule has 1 amide bonds. The fourth-order valence-corrected chi connectivity index (χ4v) is 3.77. The van der Waals surface area contributed by atoms with Gasteiger partial charge in [-0.2, -0.15) is 0 Å². The monoisotopic (exact) mass is 419 g/mol. The highest BCUT2D eigenvalue weighted by Crippen LogP contribution is 2.32. The zero-order valence-corrected chi connectivity index (χ0v) is 18.6. The molecule has 0 aliphatic heterocycles. The second-order valence-corrected chi connectivity index (χ2v) is 7.99. The summed E-state index contributed by atoms with van der Waals surface area (Å²) in [5.74, 6) is 0.614. The zero-order valence-electron chi connectivity index (χ0n) is 18.6. The summed E-state index contributed by atoms with van der Waals surface area (Å²) in [5, 5.41) is 12.7. The number of hydrogen-bond acceptors (Lipinski definition) is 4. The minimum absolute atomic E-state index is 0.0669. The minimum atomic E-state index is -0.137. The maximum absolute atomic E-state index is 12.1. The third kappa shape index (κ3) is 6.28. The molecular formula is C26H33N3O2. The number of nitrogens with one attached hydrogen (secondary N) is 1. The van der Waals surface area contributed by atoms with Crippen molar-refractivity contribution in [3.8, 4) is 11.1 Å². The summed E-state index contributed by atoms with van der Waals surface area (Å²) >= 11 is 0. The maximum Gasteiger partial charge on any atom is 0.239 e. The van der Waals surface area contributed by atoms with Crippen molar-refractivity contribution in [1.29, 1.82) is 0 Å². The summed E-state index contributed by atoms with van der Waals surface area (Å²) in [6.07, 6.45) is 6.08. The Labute approximate surface area is 185 Å². The van der Waals surface area contributed by atoms with Crippen LogP contribution in [0.1, 0.15) is 38.2 Å². The number of unbranched alkanes of at least 4 members (excludes halogenated alkanes) is 3. The Bertz CT molecular complexity index is 989. The van der Waals surface area contributed by atoms with Gasteiger partial charge in [-0.1, -0.05) is 62.6 Å². The van der Waals surface area contributed by atoms with E-state index in [-0.39, 0.29) is 25.6 Å². The molecule has 5 nitrogen and oxygen atoms in total. The average molecular weight is 420 g/mol. The first-order chi connectivity index (χ1) is 15.1. The summed E-state index contributed by atoms with van der Waals surface area (Å²) < 4.78 is 0. The first kappa shape index (κ1) is 22.8. The molecule has 0 fully saturated rings. The van der Waals surface area contributed by atoms with Gasteiger partial charge in [-0.25, -0.2) is 4.98 Å². The molecule has 0 unspecified atom stereocenters. The third-order valence-corrected chi connectivity index (χ3v) is 5.47. The molecule has 5 heteroatoms. The van der Waals surface area contributed by atoms with Crippen LogP contribution in [-0.4, -0.2) is 42.7 Å². The van der Waals surface area contributed by atoms with Crippen LogP contribution in [0.2, 0.25) is 0 Å². The second kappa shape index (κ2) is 11.5. The lowest BCUT2D eigenvalue weighted by Gasteiger charge is -2.20. The number of hydrogen-bond donors (Lipinski definition) is 2. The normalized spacial score (nSPS) is 10.9. The molecule has 0 aliphatic carbocycles. The number of carbonyl (C=O) groups is 1. The van der Waals surface area contributed by atoms with Crippen molar-refractivity contribution in [3.05, 3.63) is 60.2 Å². The Kier molecular flexibility index (Phi) is 8.42. The molecule has 0 saturated carbocycles. The number of nitrogens with zero attached hydrogens (tertiary/aromatic N) is 2. The lowest BCUT2D eigenvalue weighted by Crippen LogP contribution is -2.36. The van der Waals surface area contributed by atoms with Gasteiger partial charge in [-0.05, 0) is 47.7 Å². The average Bonchev–Trinajstić information content (AvgIpc) is 2.80. The highest BCUT2D eigenvalue weighted by atomic mass is 16.3. The van der Waals surface area contributed by atoms with Crippen LogP contribution in [-0.2, 0) is 11.2 Å². The number of pyridine rings is 1. The molecule has 0 spiro atoms. The fourth-order valence-electron chi connectivity index (χ4n) is 3.77. The Morgan fingerprint density at radius 3 is 2.61 bits per heavy atom.